The molecule has 120 valence electrons. The van der Waals surface area contributed by atoms with Gasteiger partial charge in [-0.2, -0.15) is 0 Å². The van der Waals surface area contributed by atoms with Crippen molar-refractivity contribution in [2.75, 3.05) is 13.1 Å². The molecular formula is C18H28N4. The topological polar surface area (TPSA) is 34.0 Å². The lowest BCUT2D eigenvalue weighted by atomic mass is 10.0. The maximum absolute atomic E-state index is 4.87. The number of hydrogen-bond donors (Lipinski definition) is 0. The largest absolute Gasteiger partial charge is 0.309 e. The van der Waals surface area contributed by atoms with E-state index in [4.69, 9.17) is 4.98 Å². The van der Waals surface area contributed by atoms with E-state index in [0.29, 0.717) is 18.0 Å². The number of fused-ring (bicyclic) bond motifs is 1. The molecule has 2 aromatic rings. The molecule has 0 radical (unpaired) electrons. The van der Waals surface area contributed by atoms with Crippen LogP contribution in [0.25, 0.3) is 11.2 Å². The maximum Gasteiger partial charge on any atom is 0.160 e. The van der Waals surface area contributed by atoms with Gasteiger partial charge in [-0.15, -0.1) is 0 Å². The van der Waals surface area contributed by atoms with Crippen LogP contribution >= 0.6 is 0 Å². The van der Waals surface area contributed by atoms with Gasteiger partial charge in [0.1, 0.15) is 11.3 Å². The van der Waals surface area contributed by atoms with Gasteiger partial charge in [0.05, 0.1) is 0 Å². The number of imidazole rings is 1. The van der Waals surface area contributed by atoms with Crippen LogP contribution in [-0.2, 0) is 6.42 Å². The lowest BCUT2D eigenvalue weighted by molar-refractivity contribution is 0.152. The minimum Gasteiger partial charge on any atom is -0.309 e. The zero-order valence-corrected chi connectivity index (χ0v) is 14.3. The summed E-state index contributed by atoms with van der Waals surface area (Å²) in [4.78, 5) is 12.1. The highest BCUT2D eigenvalue weighted by molar-refractivity contribution is 5.71. The summed E-state index contributed by atoms with van der Waals surface area (Å²) in [6.07, 6.45) is 5.32. The Labute approximate surface area is 133 Å². The van der Waals surface area contributed by atoms with E-state index in [1.54, 1.807) is 0 Å². The summed E-state index contributed by atoms with van der Waals surface area (Å²) in [6.45, 7) is 11.5. The number of likely N-dealkylation sites (tertiary alicyclic amines) is 1. The lowest BCUT2D eigenvalue weighted by Crippen LogP contribution is -2.39. The van der Waals surface area contributed by atoms with Gasteiger partial charge in [0, 0.05) is 37.8 Å². The van der Waals surface area contributed by atoms with Gasteiger partial charge in [-0.3, -0.25) is 0 Å². The second kappa shape index (κ2) is 6.37. The summed E-state index contributed by atoms with van der Waals surface area (Å²) >= 11 is 0. The summed E-state index contributed by atoms with van der Waals surface area (Å²) in [6, 6.07) is 5.27. The minimum atomic E-state index is 0.545. The molecule has 0 saturated carbocycles. The van der Waals surface area contributed by atoms with Gasteiger partial charge in [0.15, 0.2) is 5.65 Å². The molecule has 0 aromatic carbocycles. The van der Waals surface area contributed by atoms with Crippen molar-refractivity contribution in [1.29, 1.82) is 0 Å². The van der Waals surface area contributed by atoms with Gasteiger partial charge in [0.25, 0.3) is 0 Å². The fourth-order valence-corrected chi connectivity index (χ4v) is 3.53. The molecule has 22 heavy (non-hydrogen) atoms. The summed E-state index contributed by atoms with van der Waals surface area (Å²) in [5.41, 5.74) is 2.12. The van der Waals surface area contributed by atoms with Crippen molar-refractivity contribution in [2.45, 2.75) is 59.0 Å². The number of piperidine rings is 1. The van der Waals surface area contributed by atoms with E-state index in [2.05, 4.69) is 48.2 Å². The molecule has 0 unspecified atom stereocenters. The van der Waals surface area contributed by atoms with Crippen LogP contribution in [0.2, 0.25) is 0 Å². The lowest BCUT2D eigenvalue weighted by Gasteiger charge is -2.35. The fraction of sp³-hybridized carbons (Fsp3) is 0.667. The third-order valence-electron chi connectivity index (χ3n) is 4.71. The Morgan fingerprint density at radius 1 is 1.18 bits per heavy atom. The van der Waals surface area contributed by atoms with Crippen molar-refractivity contribution in [3.8, 4) is 0 Å². The van der Waals surface area contributed by atoms with E-state index in [1.165, 1.54) is 31.8 Å². The Bertz CT molecular complexity index is 621. The number of pyridine rings is 1. The zero-order chi connectivity index (χ0) is 15.7. The van der Waals surface area contributed by atoms with Gasteiger partial charge < -0.3 is 9.47 Å². The fourth-order valence-electron chi connectivity index (χ4n) is 3.53. The number of hydrogen-bond acceptors (Lipinski definition) is 3. The molecule has 0 bridgehead atoms. The first kappa shape index (κ1) is 15.5. The van der Waals surface area contributed by atoms with Crippen molar-refractivity contribution in [2.24, 2.45) is 5.92 Å². The molecule has 3 heterocycles. The average Bonchev–Trinajstić information content (AvgIpc) is 2.84. The first-order valence-corrected chi connectivity index (χ1v) is 8.62. The van der Waals surface area contributed by atoms with Crippen molar-refractivity contribution >= 4 is 11.2 Å². The van der Waals surface area contributed by atoms with Crippen molar-refractivity contribution in [3.05, 3.63) is 24.2 Å². The third-order valence-corrected chi connectivity index (χ3v) is 4.71. The quantitative estimate of drug-likeness (QED) is 0.864. The molecule has 0 amide bonds. The Kier molecular flexibility index (Phi) is 4.48. The van der Waals surface area contributed by atoms with Crippen LogP contribution in [0.3, 0.4) is 0 Å². The highest BCUT2D eigenvalue weighted by Gasteiger charge is 2.26. The molecule has 4 heteroatoms. The molecule has 1 saturated heterocycles. The Hall–Kier alpha value is -1.42. The van der Waals surface area contributed by atoms with Crippen LogP contribution in [-0.4, -0.2) is 38.6 Å². The molecule has 0 spiro atoms. The summed E-state index contributed by atoms with van der Waals surface area (Å²) in [7, 11) is 0. The molecule has 0 N–H and O–H groups in total. The van der Waals surface area contributed by atoms with Crippen molar-refractivity contribution < 1.29 is 0 Å². The van der Waals surface area contributed by atoms with Gasteiger partial charge in [-0.05, 0) is 44.7 Å². The summed E-state index contributed by atoms with van der Waals surface area (Å²) in [5, 5.41) is 0. The minimum absolute atomic E-state index is 0.545. The molecule has 1 aliphatic heterocycles. The Balaban J connectivity index is 1.91. The van der Waals surface area contributed by atoms with Crippen LogP contribution in [0.4, 0.5) is 0 Å². The predicted molar refractivity (Wildman–Crippen MR) is 91.1 cm³/mol. The molecule has 4 nitrogen and oxygen atoms in total. The highest BCUT2D eigenvalue weighted by atomic mass is 15.2. The number of nitrogens with zero attached hydrogens (tertiary/aromatic N) is 4. The van der Waals surface area contributed by atoms with Crippen LogP contribution in [0.1, 0.15) is 52.4 Å². The normalized spacial score (nSPS) is 17.9. The zero-order valence-electron chi connectivity index (χ0n) is 14.3. The molecule has 1 aliphatic rings. The average molecular weight is 300 g/mol. The Morgan fingerprint density at radius 2 is 1.91 bits per heavy atom. The van der Waals surface area contributed by atoms with E-state index in [0.717, 1.165) is 17.6 Å². The van der Waals surface area contributed by atoms with E-state index in [1.807, 2.05) is 12.3 Å². The Morgan fingerprint density at radius 3 is 2.55 bits per heavy atom. The number of aromatic nitrogens is 3. The van der Waals surface area contributed by atoms with E-state index < -0.39 is 0 Å². The second-order valence-corrected chi connectivity index (χ2v) is 7.20. The van der Waals surface area contributed by atoms with Gasteiger partial charge in [-0.1, -0.05) is 13.8 Å². The van der Waals surface area contributed by atoms with Crippen LogP contribution < -0.4 is 0 Å². The second-order valence-electron chi connectivity index (χ2n) is 7.20. The van der Waals surface area contributed by atoms with E-state index >= 15 is 0 Å². The van der Waals surface area contributed by atoms with Crippen molar-refractivity contribution in [3.63, 3.8) is 0 Å². The van der Waals surface area contributed by atoms with Gasteiger partial charge >= 0.3 is 0 Å². The molecule has 2 aromatic heterocycles. The SMILES string of the molecule is CC(C)Cc1nc2cccnc2n1C1CCN(C(C)C)CC1. The first-order chi connectivity index (χ1) is 10.6. The molecule has 1 fully saturated rings. The predicted octanol–water partition coefficient (Wildman–Crippen LogP) is 3.68. The van der Waals surface area contributed by atoms with Crippen molar-refractivity contribution in [1.82, 2.24) is 19.4 Å². The molecule has 0 aliphatic carbocycles. The van der Waals surface area contributed by atoms with Crippen LogP contribution in [0.5, 0.6) is 0 Å². The monoisotopic (exact) mass is 300 g/mol. The van der Waals surface area contributed by atoms with Crippen LogP contribution in [0.15, 0.2) is 18.3 Å². The standard InChI is InChI=1S/C18H28N4/c1-13(2)12-17-20-16-6-5-9-19-18(16)22(17)15-7-10-21(11-8-15)14(3)4/h5-6,9,13-15H,7-8,10-12H2,1-4H3. The maximum atomic E-state index is 4.87. The molecular weight excluding hydrogens is 272 g/mol. The summed E-state index contributed by atoms with van der Waals surface area (Å²) in [5.74, 6) is 1.83. The smallest absolute Gasteiger partial charge is 0.160 e. The highest BCUT2D eigenvalue weighted by Crippen LogP contribution is 2.29. The number of rotatable bonds is 4. The van der Waals surface area contributed by atoms with Gasteiger partial charge in [0.2, 0.25) is 0 Å². The van der Waals surface area contributed by atoms with Crippen LogP contribution in [0, 0.1) is 5.92 Å². The first-order valence-electron chi connectivity index (χ1n) is 8.62. The summed E-state index contributed by atoms with van der Waals surface area (Å²) < 4.78 is 2.44. The third kappa shape index (κ3) is 3.02. The molecule has 3 rings (SSSR count). The van der Waals surface area contributed by atoms with E-state index in [-0.39, 0.29) is 0 Å². The molecule has 0 atom stereocenters. The van der Waals surface area contributed by atoms with Gasteiger partial charge in [-0.25, -0.2) is 9.97 Å². The van der Waals surface area contributed by atoms with E-state index in [9.17, 15) is 0 Å².